The normalized spacial score (nSPS) is 12.0. The van der Waals surface area contributed by atoms with E-state index in [1.165, 1.54) is 0 Å². The number of H-pyrrole nitrogens is 1. The highest BCUT2D eigenvalue weighted by Crippen LogP contribution is 2.27. The summed E-state index contributed by atoms with van der Waals surface area (Å²) in [5.41, 5.74) is 4.65. The summed E-state index contributed by atoms with van der Waals surface area (Å²) in [6.07, 6.45) is 4.20. The fourth-order valence-corrected chi connectivity index (χ4v) is 4.60. The van der Waals surface area contributed by atoms with E-state index < -0.39 is 0 Å². The zero-order chi connectivity index (χ0) is 24.4. The number of hydrogen-bond acceptors (Lipinski definition) is 3. The first kappa shape index (κ1) is 22.9. The van der Waals surface area contributed by atoms with Crippen LogP contribution in [0.1, 0.15) is 27.8 Å². The largest absolute Gasteiger partial charge is 0.497 e. The second-order valence-corrected chi connectivity index (χ2v) is 9.31. The van der Waals surface area contributed by atoms with Gasteiger partial charge in [0.15, 0.2) is 0 Å². The molecule has 2 N–H and O–H groups in total. The molecule has 1 amide bonds. The van der Waals surface area contributed by atoms with Gasteiger partial charge in [-0.25, -0.2) is 4.98 Å². The van der Waals surface area contributed by atoms with Gasteiger partial charge < -0.3 is 19.6 Å². The summed E-state index contributed by atoms with van der Waals surface area (Å²) < 4.78 is 8.37. The molecule has 0 aliphatic carbocycles. The van der Waals surface area contributed by atoms with Gasteiger partial charge in [-0.2, -0.15) is 0 Å². The van der Waals surface area contributed by atoms with Crippen molar-refractivity contribution in [2.75, 3.05) is 7.11 Å². The van der Waals surface area contributed by atoms with Gasteiger partial charge in [0.25, 0.3) is 5.91 Å². The number of carbonyl (C=O) groups excluding carboxylic acids is 1. The Labute approximate surface area is 212 Å². The maximum Gasteiger partial charge on any atom is 0.254 e. The monoisotopic (exact) mass is 528 g/mol. The lowest BCUT2D eigenvalue weighted by Crippen LogP contribution is -2.31. The predicted octanol–water partition coefficient (Wildman–Crippen LogP) is 6.05. The van der Waals surface area contributed by atoms with E-state index in [0.29, 0.717) is 12.0 Å². The third-order valence-electron chi connectivity index (χ3n) is 6.21. The van der Waals surface area contributed by atoms with Crippen LogP contribution in [0.15, 0.2) is 89.7 Å². The highest BCUT2D eigenvalue weighted by atomic mass is 79.9. The summed E-state index contributed by atoms with van der Waals surface area (Å²) in [5.74, 6) is 1.43. The van der Waals surface area contributed by atoms with Crippen LogP contribution in [0.2, 0.25) is 0 Å². The summed E-state index contributed by atoms with van der Waals surface area (Å²) in [6, 6.07) is 23.5. The Hall–Kier alpha value is -3.84. The first-order chi connectivity index (χ1) is 17.0. The third kappa shape index (κ3) is 4.72. The Balaban J connectivity index is 1.49. The van der Waals surface area contributed by atoms with Gasteiger partial charge in [0.05, 0.1) is 30.6 Å². The number of halogens is 1. The van der Waals surface area contributed by atoms with E-state index in [0.717, 1.165) is 43.8 Å². The van der Waals surface area contributed by atoms with Gasteiger partial charge in [-0.05, 0) is 47.9 Å². The number of hydrogen-bond donors (Lipinski definition) is 2. The molecule has 0 spiro atoms. The SMILES string of the molecule is COc1ccc(C[C@H](NC(=O)c2c[nH]c3ccccc23)c2ncc(-c3ccc(Br)cc3)n2C)cc1. The van der Waals surface area contributed by atoms with Crippen LogP contribution in [0.3, 0.4) is 0 Å². The zero-order valence-corrected chi connectivity index (χ0v) is 21.0. The molecule has 6 nitrogen and oxygen atoms in total. The topological polar surface area (TPSA) is 71.9 Å². The number of carbonyl (C=O) groups is 1. The average molecular weight is 529 g/mol. The van der Waals surface area contributed by atoms with E-state index in [9.17, 15) is 4.79 Å². The number of amides is 1. The maximum atomic E-state index is 13.4. The van der Waals surface area contributed by atoms with Gasteiger partial charge >= 0.3 is 0 Å². The van der Waals surface area contributed by atoms with Crippen molar-refractivity contribution in [1.82, 2.24) is 19.9 Å². The number of fused-ring (bicyclic) bond motifs is 1. The molecule has 5 rings (SSSR count). The van der Waals surface area contributed by atoms with Gasteiger partial charge in [0, 0.05) is 28.6 Å². The number of ether oxygens (including phenoxy) is 1. The standard InChI is InChI=1S/C28H25BrN4O2/c1-33-26(19-9-11-20(29)12-10-19)17-31-27(33)25(15-18-7-13-21(35-2)14-8-18)32-28(34)23-16-30-24-6-4-3-5-22(23)24/h3-14,16-17,25,30H,15H2,1-2H3,(H,32,34)/t25-/m0/s1. The summed E-state index contributed by atoms with van der Waals surface area (Å²) >= 11 is 3.49. The molecule has 0 bridgehead atoms. The van der Waals surface area contributed by atoms with Crippen molar-refractivity contribution >= 4 is 32.7 Å². The molecular formula is C28H25BrN4O2. The van der Waals surface area contributed by atoms with E-state index in [1.807, 2.05) is 90.6 Å². The molecule has 176 valence electrons. The van der Waals surface area contributed by atoms with Crippen molar-refractivity contribution in [3.63, 3.8) is 0 Å². The number of benzene rings is 3. The molecule has 0 fully saturated rings. The maximum absolute atomic E-state index is 13.4. The van der Waals surface area contributed by atoms with Crippen molar-refractivity contribution in [2.24, 2.45) is 7.05 Å². The van der Waals surface area contributed by atoms with Crippen LogP contribution < -0.4 is 10.1 Å². The average Bonchev–Trinajstić information content (AvgIpc) is 3.48. The molecule has 1 atom stereocenters. The number of imidazole rings is 1. The van der Waals surface area contributed by atoms with Gasteiger partial charge in [0.1, 0.15) is 11.6 Å². The van der Waals surface area contributed by atoms with Crippen molar-refractivity contribution in [3.05, 3.63) is 107 Å². The van der Waals surface area contributed by atoms with Crippen LogP contribution in [0.25, 0.3) is 22.2 Å². The lowest BCUT2D eigenvalue weighted by molar-refractivity contribution is 0.0936. The first-order valence-corrected chi connectivity index (χ1v) is 12.1. The second kappa shape index (κ2) is 9.80. The molecule has 2 heterocycles. The number of nitrogens with one attached hydrogen (secondary N) is 2. The van der Waals surface area contributed by atoms with Crippen molar-refractivity contribution in [2.45, 2.75) is 12.5 Å². The third-order valence-corrected chi connectivity index (χ3v) is 6.74. The molecule has 0 unspecified atom stereocenters. The Kier molecular flexibility index (Phi) is 6.42. The Morgan fingerprint density at radius 2 is 1.83 bits per heavy atom. The number of methoxy groups -OCH3 is 1. The summed E-state index contributed by atoms with van der Waals surface area (Å²) in [7, 11) is 3.63. The van der Waals surface area contributed by atoms with Crippen LogP contribution in [0.5, 0.6) is 5.75 Å². The molecule has 0 aliphatic rings. The van der Waals surface area contributed by atoms with Crippen molar-refractivity contribution < 1.29 is 9.53 Å². The number of para-hydroxylation sites is 1. The van der Waals surface area contributed by atoms with E-state index in [1.54, 1.807) is 13.3 Å². The van der Waals surface area contributed by atoms with Crippen LogP contribution in [-0.2, 0) is 13.5 Å². The highest BCUT2D eigenvalue weighted by molar-refractivity contribution is 9.10. The number of rotatable bonds is 7. The molecule has 0 saturated carbocycles. The molecule has 5 aromatic rings. The van der Waals surface area contributed by atoms with E-state index in [2.05, 4.69) is 26.2 Å². The number of aromatic amines is 1. The minimum Gasteiger partial charge on any atom is -0.497 e. The number of nitrogens with zero attached hydrogens (tertiary/aromatic N) is 2. The van der Waals surface area contributed by atoms with E-state index in [4.69, 9.17) is 9.72 Å². The fraction of sp³-hybridized carbons (Fsp3) is 0.143. The number of aromatic nitrogens is 3. The van der Waals surface area contributed by atoms with Crippen LogP contribution in [0, 0.1) is 0 Å². The molecule has 0 radical (unpaired) electrons. The lowest BCUT2D eigenvalue weighted by atomic mass is 10.0. The van der Waals surface area contributed by atoms with Crippen LogP contribution in [-0.4, -0.2) is 27.6 Å². The molecule has 35 heavy (non-hydrogen) atoms. The summed E-state index contributed by atoms with van der Waals surface area (Å²) in [4.78, 5) is 21.4. The molecule has 0 saturated heterocycles. The van der Waals surface area contributed by atoms with Gasteiger partial charge in [-0.15, -0.1) is 0 Å². The summed E-state index contributed by atoms with van der Waals surface area (Å²) in [6.45, 7) is 0. The Bertz CT molecular complexity index is 1470. The van der Waals surface area contributed by atoms with Gasteiger partial charge in [0.2, 0.25) is 0 Å². The lowest BCUT2D eigenvalue weighted by Gasteiger charge is -2.20. The smallest absolute Gasteiger partial charge is 0.254 e. The highest BCUT2D eigenvalue weighted by Gasteiger charge is 2.23. The molecule has 0 aliphatic heterocycles. The van der Waals surface area contributed by atoms with Crippen molar-refractivity contribution in [3.8, 4) is 17.0 Å². The Morgan fingerprint density at radius 3 is 2.57 bits per heavy atom. The first-order valence-electron chi connectivity index (χ1n) is 11.3. The van der Waals surface area contributed by atoms with Crippen LogP contribution in [0.4, 0.5) is 0 Å². The molecular weight excluding hydrogens is 504 g/mol. The second-order valence-electron chi connectivity index (χ2n) is 8.39. The van der Waals surface area contributed by atoms with Gasteiger partial charge in [-0.1, -0.05) is 58.4 Å². The molecule has 3 aromatic carbocycles. The fourth-order valence-electron chi connectivity index (χ4n) is 4.34. The Morgan fingerprint density at radius 1 is 1.09 bits per heavy atom. The van der Waals surface area contributed by atoms with Crippen LogP contribution >= 0.6 is 15.9 Å². The quantitative estimate of drug-likeness (QED) is 0.270. The molecule has 2 aromatic heterocycles. The van der Waals surface area contributed by atoms with Gasteiger partial charge in [-0.3, -0.25) is 4.79 Å². The minimum absolute atomic E-state index is 0.144. The predicted molar refractivity (Wildman–Crippen MR) is 142 cm³/mol. The van der Waals surface area contributed by atoms with Crippen molar-refractivity contribution in [1.29, 1.82) is 0 Å². The zero-order valence-electron chi connectivity index (χ0n) is 19.5. The van der Waals surface area contributed by atoms with E-state index in [-0.39, 0.29) is 11.9 Å². The summed E-state index contributed by atoms with van der Waals surface area (Å²) in [5, 5.41) is 4.13. The minimum atomic E-state index is -0.334. The molecule has 7 heteroatoms. The van der Waals surface area contributed by atoms with E-state index >= 15 is 0 Å².